The highest BCUT2D eigenvalue weighted by Crippen LogP contribution is 2.25. The third-order valence-electron chi connectivity index (χ3n) is 1.85. The molecule has 2 heteroatoms. The Balaban J connectivity index is 3.07. The number of benzene rings is 1. The maximum absolute atomic E-state index is 9.02. The average Bonchev–Trinajstić information content (AvgIpc) is 2.05. The third-order valence-corrected chi connectivity index (χ3v) is 1.85. The summed E-state index contributed by atoms with van der Waals surface area (Å²) in [6.45, 7) is 10.7. The Labute approximate surface area is 72.3 Å². The fraction of sp³-hybridized carbons (Fsp3) is 0.300. The van der Waals surface area contributed by atoms with Gasteiger partial charge in [0.1, 0.15) is 5.75 Å². The predicted octanol–water partition coefficient (Wildman–Crippen LogP) is 2.55. The molecule has 1 aromatic carbocycles. The molecule has 1 N–H and O–H groups in total. The van der Waals surface area contributed by atoms with Gasteiger partial charge in [0.2, 0.25) is 0 Å². The van der Waals surface area contributed by atoms with Crippen molar-refractivity contribution in [2.24, 2.45) is 0 Å². The molecule has 0 fully saturated rings. The molecule has 0 heterocycles. The molecular formula is C10H11NO. The van der Waals surface area contributed by atoms with E-state index in [0.29, 0.717) is 0 Å². The normalized spacial score (nSPS) is 10.8. The van der Waals surface area contributed by atoms with E-state index in [1.807, 2.05) is 13.8 Å². The van der Waals surface area contributed by atoms with Gasteiger partial charge in [0.25, 0.3) is 5.54 Å². The first kappa shape index (κ1) is 8.61. The fourth-order valence-corrected chi connectivity index (χ4v) is 0.934. The van der Waals surface area contributed by atoms with Crippen LogP contribution in [0.1, 0.15) is 19.4 Å². The summed E-state index contributed by atoms with van der Waals surface area (Å²) >= 11 is 0. The van der Waals surface area contributed by atoms with Gasteiger partial charge < -0.3 is 9.95 Å². The van der Waals surface area contributed by atoms with Gasteiger partial charge in [-0.05, 0) is 24.3 Å². The number of hydrogen-bond donors (Lipinski definition) is 1. The first-order valence-electron chi connectivity index (χ1n) is 3.74. The molecular weight excluding hydrogens is 150 g/mol. The van der Waals surface area contributed by atoms with Gasteiger partial charge in [-0.1, -0.05) is 0 Å². The molecule has 0 atom stereocenters. The molecule has 12 heavy (non-hydrogen) atoms. The molecule has 0 amide bonds. The topological polar surface area (TPSA) is 24.6 Å². The maximum Gasteiger partial charge on any atom is 0.252 e. The number of phenolic OH excluding ortho intramolecular Hbond substituents is 1. The first-order valence-corrected chi connectivity index (χ1v) is 3.74. The molecule has 0 spiro atoms. The Morgan fingerprint density at radius 2 is 1.75 bits per heavy atom. The van der Waals surface area contributed by atoms with Crippen molar-refractivity contribution in [3.8, 4) is 5.75 Å². The van der Waals surface area contributed by atoms with E-state index in [1.165, 1.54) is 0 Å². The first-order chi connectivity index (χ1) is 5.56. The Morgan fingerprint density at radius 1 is 1.25 bits per heavy atom. The van der Waals surface area contributed by atoms with Crippen molar-refractivity contribution in [1.29, 1.82) is 0 Å². The second kappa shape index (κ2) is 2.86. The van der Waals surface area contributed by atoms with E-state index in [-0.39, 0.29) is 5.75 Å². The SMILES string of the molecule is [C-]#[N+]C(C)(C)c1ccc(O)cc1. The third kappa shape index (κ3) is 1.57. The van der Waals surface area contributed by atoms with E-state index in [0.717, 1.165) is 5.56 Å². The molecule has 0 saturated heterocycles. The summed E-state index contributed by atoms with van der Waals surface area (Å²) in [5, 5.41) is 9.02. The molecule has 62 valence electrons. The predicted molar refractivity (Wildman–Crippen MR) is 47.7 cm³/mol. The van der Waals surface area contributed by atoms with Gasteiger partial charge in [0.05, 0.1) is 0 Å². The Bertz CT molecular complexity index is 306. The molecule has 0 aromatic heterocycles. The van der Waals surface area contributed by atoms with Crippen LogP contribution in [0.2, 0.25) is 0 Å². The van der Waals surface area contributed by atoms with E-state index < -0.39 is 5.54 Å². The summed E-state index contributed by atoms with van der Waals surface area (Å²) < 4.78 is 0. The highest BCUT2D eigenvalue weighted by atomic mass is 16.3. The van der Waals surface area contributed by atoms with E-state index in [9.17, 15) is 0 Å². The van der Waals surface area contributed by atoms with Crippen molar-refractivity contribution >= 4 is 0 Å². The lowest BCUT2D eigenvalue weighted by atomic mass is 9.95. The van der Waals surface area contributed by atoms with Crippen LogP contribution < -0.4 is 0 Å². The molecule has 0 saturated carbocycles. The highest BCUT2D eigenvalue weighted by Gasteiger charge is 2.25. The molecule has 0 radical (unpaired) electrons. The van der Waals surface area contributed by atoms with Crippen molar-refractivity contribution in [3.05, 3.63) is 41.2 Å². The largest absolute Gasteiger partial charge is 0.508 e. The van der Waals surface area contributed by atoms with Crippen LogP contribution in [0.5, 0.6) is 5.75 Å². The Morgan fingerprint density at radius 3 is 2.17 bits per heavy atom. The minimum Gasteiger partial charge on any atom is -0.508 e. The number of hydrogen-bond acceptors (Lipinski definition) is 1. The summed E-state index contributed by atoms with van der Waals surface area (Å²) in [5.74, 6) is 0.236. The Hall–Kier alpha value is -1.49. The zero-order valence-electron chi connectivity index (χ0n) is 7.20. The number of nitrogens with zero attached hydrogens (tertiary/aromatic N) is 1. The monoisotopic (exact) mass is 161 g/mol. The van der Waals surface area contributed by atoms with E-state index >= 15 is 0 Å². The van der Waals surface area contributed by atoms with Gasteiger partial charge in [-0.25, -0.2) is 6.57 Å². The molecule has 0 aliphatic carbocycles. The van der Waals surface area contributed by atoms with Gasteiger partial charge in [-0.3, -0.25) is 0 Å². The smallest absolute Gasteiger partial charge is 0.252 e. The van der Waals surface area contributed by atoms with E-state index in [4.69, 9.17) is 11.7 Å². The molecule has 0 bridgehead atoms. The van der Waals surface area contributed by atoms with Crippen molar-refractivity contribution in [2.75, 3.05) is 0 Å². The quantitative estimate of drug-likeness (QED) is 0.629. The number of rotatable bonds is 1. The van der Waals surface area contributed by atoms with Gasteiger partial charge in [-0.2, -0.15) is 0 Å². The van der Waals surface area contributed by atoms with Gasteiger partial charge in [-0.15, -0.1) is 0 Å². The molecule has 0 aliphatic rings. The minimum atomic E-state index is -0.492. The van der Waals surface area contributed by atoms with E-state index in [1.54, 1.807) is 24.3 Å². The van der Waals surface area contributed by atoms with Crippen LogP contribution in [0.4, 0.5) is 0 Å². The Kier molecular flexibility index (Phi) is 2.05. The second-order valence-corrected chi connectivity index (χ2v) is 3.22. The minimum absolute atomic E-state index is 0.236. The molecule has 0 unspecified atom stereocenters. The van der Waals surface area contributed by atoms with Crippen LogP contribution in [-0.4, -0.2) is 5.11 Å². The van der Waals surface area contributed by atoms with Crippen LogP contribution in [0, 0.1) is 6.57 Å². The van der Waals surface area contributed by atoms with Crippen LogP contribution >= 0.6 is 0 Å². The summed E-state index contributed by atoms with van der Waals surface area (Å²) in [4.78, 5) is 3.49. The van der Waals surface area contributed by atoms with Crippen LogP contribution in [-0.2, 0) is 5.54 Å². The van der Waals surface area contributed by atoms with Crippen molar-refractivity contribution in [3.63, 3.8) is 0 Å². The van der Waals surface area contributed by atoms with E-state index in [2.05, 4.69) is 4.85 Å². The van der Waals surface area contributed by atoms with Crippen molar-refractivity contribution in [1.82, 2.24) is 0 Å². The van der Waals surface area contributed by atoms with Gasteiger partial charge in [0.15, 0.2) is 0 Å². The lowest BCUT2D eigenvalue weighted by molar-refractivity contribution is 0.474. The molecule has 0 aliphatic heterocycles. The van der Waals surface area contributed by atoms with Crippen LogP contribution in [0.15, 0.2) is 24.3 Å². The maximum atomic E-state index is 9.02. The lowest BCUT2D eigenvalue weighted by Crippen LogP contribution is -2.10. The van der Waals surface area contributed by atoms with Gasteiger partial charge >= 0.3 is 0 Å². The average molecular weight is 161 g/mol. The second-order valence-electron chi connectivity index (χ2n) is 3.22. The zero-order chi connectivity index (χ0) is 9.19. The molecule has 1 aromatic rings. The van der Waals surface area contributed by atoms with Crippen molar-refractivity contribution in [2.45, 2.75) is 19.4 Å². The van der Waals surface area contributed by atoms with Crippen molar-refractivity contribution < 1.29 is 5.11 Å². The van der Waals surface area contributed by atoms with Gasteiger partial charge in [0, 0.05) is 19.4 Å². The highest BCUT2D eigenvalue weighted by molar-refractivity contribution is 5.31. The lowest BCUT2D eigenvalue weighted by Gasteiger charge is -2.10. The number of aromatic hydroxyl groups is 1. The zero-order valence-corrected chi connectivity index (χ0v) is 7.20. The molecule has 2 nitrogen and oxygen atoms in total. The summed E-state index contributed by atoms with van der Waals surface area (Å²) in [5.41, 5.74) is 0.434. The summed E-state index contributed by atoms with van der Waals surface area (Å²) in [6, 6.07) is 6.74. The summed E-state index contributed by atoms with van der Waals surface area (Å²) in [6.07, 6.45) is 0. The standard InChI is InChI=1S/C10H11NO/c1-10(2,11-3)8-4-6-9(12)7-5-8/h4-7,12H,1-2H3. The van der Waals surface area contributed by atoms with Crippen LogP contribution in [0.25, 0.3) is 4.85 Å². The molecule has 1 rings (SSSR count). The fourth-order valence-electron chi connectivity index (χ4n) is 0.934. The van der Waals surface area contributed by atoms with Crippen LogP contribution in [0.3, 0.4) is 0 Å². The number of phenols is 1. The summed E-state index contributed by atoms with van der Waals surface area (Å²) in [7, 11) is 0.